The summed E-state index contributed by atoms with van der Waals surface area (Å²) in [6.45, 7) is 0. The average Bonchev–Trinajstić information content (AvgIpc) is 2.95. The first-order valence-corrected chi connectivity index (χ1v) is 9.10. The van der Waals surface area contributed by atoms with Gasteiger partial charge in [0.15, 0.2) is 14.9 Å². The predicted molar refractivity (Wildman–Crippen MR) is 91.2 cm³/mol. The van der Waals surface area contributed by atoms with Crippen molar-refractivity contribution >= 4 is 31.6 Å². The highest BCUT2D eigenvalue weighted by Gasteiger charge is 2.15. The number of hydrogen-bond acceptors (Lipinski definition) is 6. The van der Waals surface area contributed by atoms with E-state index in [1.807, 2.05) is 42.5 Å². The Morgan fingerprint density at radius 3 is 2.46 bits per heavy atom. The summed E-state index contributed by atoms with van der Waals surface area (Å²) in [6.07, 6.45) is 4.01. The van der Waals surface area contributed by atoms with Gasteiger partial charge in [0.1, 0.15) is 0 Å². The number of sulfone groups is 1. The SMILES string of the molecule is CS(=O)(=O)c1cnc(-c2ccccc2)c2ccc3nncc3c2n1. The van der Waals surface area contributed by atoms with Crippen molar-refractivity contribution in [2.75, 3.05) is 6.26 Å². The molecule has 0 radical (unpaired) electrons. The van der Waals surface area contributed by atoms with Crippen molar-refractivity contribution in [1.82, 2.24) is 20.2 Å². The Bertz CT molecular complexity index is 1180. The fourth-order valence-corrected chi connectivity index (χ4v) is 3.11. The van der Waals surface area contributed by atoms with Gasteiger partial charge in [0.25, 0.3) is 0 Å². The van der Waals surface area contributed by atoms with Crippen molar-refractivity contribution in [2.24, 2.45) is 0 Å². The minimum absolute atomic E-state index is 0.0802. The second-order valence-corrected chi connectivity index (χ2v) is 7.40. The lowest BCUT2D eigenvalue weighted by Crippen LogP contribution is -1.98. The van der Waals surface area contributed by atoms with Crippen LogP contribution in [0.15, 0.2) is 59.9 Å². The summed E-state index contributed by atoms with van der Waals surface area (Å²) in [4.78, 5) is 8.78. The van der Waals surface area contributed by atoms with E-state index in [0.717, 1.165) is 17.2 Å². The molecule has 2 heterocycles. The molecule has 0 aliphatic rings. The van der Waals surface area contributed by atoms with Crippen LogP contribution in [0.25, 0.3) is 33.1 Å². The van der Waals surface area contributed by atoms with E-state index in [1.165, 1.54) is 6.20 Å². The van der Waals surface area contributed by atoms with Gasteiger partial charge in [-0.15, -0.1) is 0 Å². The Kier molecular flexibility index (Phi) is 3.24. The van der Waals surface area contributed by atoms with Crippen LogP contribution in [-0.4, -0.2) is 34.8 Å². The minimum Gasteiger partial charge on any atom is -0.253 e. The first-order chi connectivity index (χ1) is 11.5. The smallest absolute Gasteiger partial charge is 0.194 e. The highest BCUT2D eigenvalue weighted by molar-refractivity contribution is 7.90. The van der Waals surface area contributed by atoms with Gasteiger partial charge in [-0.3, -0.25) is 4.98 Å². The molecule has 118 valence electrons. The second kappa shape index (κ2) is 5.31. The van der Waals surface area contributed by atoms with Crippen LogP contribution < -0.4 is 0 Å². The van der Waals surface area contributed by atoms with Crippen LogP contribution in [-0.2, 0) is 9.84 Å². The van der Waals surface area contributed by atoms with Crippen molar-refractivity contribution < 1.29 is 8.42 Å². The number of rotatable bonds is 2. The molecule has 0 saturated carbocycles. The van der Waals surface area contributed by atoms with Crippen LogP contribution in [0.3, 0.4) is 0 Å². The lowest BCUT2D eigenvalue weighted by atomic mass is 10.1. The summed E-state index contributed by atoms with van der Waals surface area (Å²) in [7, 11) is -3.50. The molecule has 2 aromatic carbocycles. The van der Waals surface area contributed by atoms with Gasteiger partial charge >= 0.3 is 0 Å². The molecular formula is C17H12N4O2S. The first kappa shape index (κ1) is 14.6. The largest absolute Gasteiger partial charge is 0.253 e. The molecular weight excluding hydrogens is 324 g/mol. The number of nitrogens with zero attached hydrogens (tertiary/aromatic N) is 4. The maximum absolute atomic E-state index is 12.0. The molecule has 0 atom stereocenters. The number of benzene rings is 2. The summed E-state index contributed by atoms with van der Waals surface area (Å²) < 4.78 is 24.0. The molecule has 0 N–H and O–H groups in total. The van der Waals surface area contributed by atoms with Gasteiger partial charge in [0.2, 0.25) is 0 Å². The lowest BCUT2D eigenvalue weighted by molar-refractivity contribution is 0.598. The quantitative estimate of drug-likeness (QED) is 0.559. The molecule has 6 nitrogen and oxygen atoms in total. The highest BCUT2D eigenvalue weighted by atomic mass is 32.2. The van der Waals surface area contributed by atoms with Crippen LogP contribution in [0.2, 0.25) is 0 Å². The predicted octanol–water partition coefficient (Wildman–Crippen LogP) is 2.64. The normalized spacial score (nSPS) is 11.9. The zero-order valence-corrected chi connectivity index (χ0v) is 13.5. The maximum Gasteiger partial charge on any atom is 0.194 e. The summed E-state index contributed by atoms with van der Waals surface area (Å²) in [5, 5.41) is 9.30. The van der Waals surface area contributed by atoms with E-state index >= 15 is 0 Å². The second-order valence-electron chi connectivity index (χ2n) is 5.43. The van der Waals surface area contributed by atoms with Gasteiger partial charge in [-0.1, -0.05) is 30.3 Å². The maximum atomic E-state index is 12.0. The molecule has 0 aliphatic heterocycles. The Labute approximate surface area is 138 Å². The van der Waals surface area contributed by atoms with Gasteiger partial charge in [-0.05, 0) is 12.1 Å². The Balaban J connectivity index is 2.22. The zero-order chi connectivity index (χ0) is 16.7. The van der Waals surface area contributed by atoms with E-state index < -0.39 is 9.84 Å². The molecule has 0 unspecified atom stereocenters. The molecule has 4 rings (SSSR count). The third kappa shape index (κ3) is 2.39. The van der Waals surface area contributed by atoms with E-state index in [0.29, 0.717) is 22.1 Å². The molecule has 24 heavy (non-hydrogen) atoms. The lowest BCUT2D eigenvalue weighted by Gasteiger charge is -2.01. The molecule has 0 bridgehead atoms. The molecule has 0 spiro atoms. The molecule has 0 saturated heterocycles. The molecule has 7 heteroatoms. The summed E-state index contributed by atoms with van der Waals surface area (Å²) in [5.74, 6) is 0. The van der Waals surface area contributed by atoms with Crippen molar-refractivity contribution in [2.45, 2.75) is 5.03 Å². The van der Waals surface area contributed by atoms with E-state index in [2.05, 4.69) is 20.2 Å². The first-order valence-electron chi connectivity index (χ1n) is 7.21. The standard InChI is InChI=1S/C17H12N4O2S/c1-24(22,23)15-10-18-16(11-5-3-2-4-6-11)12-7-8-14-13(9-19-21-14)17(12)20-15/h2-10H,1H3. The third-order valence-corrected chi connectivity index (χ3v) is 4.71. The van der Waals surface area contributed by atoms with Gasteiger partial charge in [0, 0.05) is 22.6 Å². The van der Waals surface area contributed by atoms with Crippen LogP contribution in [0, 0.1) is 0 Å². The van der Waals surface area contributed by atoms with Gasteiger partial charge in [-0.2, -0.15) is 10.2 Å². The molecule has 0 amide bonds. The van der Waals surface area contributed by atoms with Crippen LogP contribution in [0.1, 0.15) is 0 Å². The monoisotopic (exact) mass is 336 g/mol. The Hall–Kier alpha value is -2.93. The number of aromatic nitrogens is 4. The van der Waals surface area contributed by atoms with Gasteiger partial charge in [0.05, 0.1) is 29.1 Å². The van der Waals surface area contributed by atoms with Crippen molar-refractivity contribution in [1.29, 1.82) is 0 Å². The zero-order valence-electron chi connectivity index (χ0n) is 12.7. The highest BCUT2D eigenvalue weighted by Crippen LogP contribution is 2.29. The van der Waals surface area contributed by atoms with Crippen LogP contribution in [0.4, 0.5) is 0 Å². The fraction of sp³-hybridized carbons (Fsp3) is 0.0588. The molecule has 2 aromatic heterocycles. The van der Waals surface area contributed by atoms with Gasteiger partial charge < -0.3 is 0 Å². The van der Waals surface area contributed by atoms with E-state index in [9.17, 15) is 8.42 Å². The third-order valence-electron chi connectivity index (χ3n) is 3.75. The molecule has 0 fully saturated rings. The van der Waals surface area contributed by atoms with E-state index in [-0.39, 0.29) is 5.03 Å². The fourth-order valence-electron chi connectivity index (χ4n) is 2.61. The van der Waals surface area contributed by atoms with Crippen LogP contribution >= 0.6 is 0 Å². The van der Waals surface area contributed by atoms with Crippen molar-refractivity contribution in [3.63, 3.8) is 0 Å². The Morgan fingerprint density at radius 1 is 0.917 bits per heavy atom. The summed E-state index contributed by atoms with van der Waals surface area (Å²) >= 11 is 0. The molecule has 4 aromatic rings. The minimum atomic E-state index is -3.50. The van der Waals surface area contributed by atoms with Crippen molar-refractivity contribution in [3.8, 4) is 11.3 Å². The summed E-state index contributed by atoms with van der Waals surface area (Å²) in [6, 6.07) is 13.3. The van der Waals surface area contributed by atoms with E-state index in [4.69, 9.17) is 0 Å². The summed E-state index contributed by atoms with van der Waals surface area (Å²) in [5.41, 5.74) is 2.73. The van der Waals surface area contributed by atoms with Crippen molar-refractivity contribution in [3.05, 3.63) is 54.9 Å². The van der Waals surface area contributed by atoms with Crippen LogP contribution in [0.5, 0.6) is 0 Å². The van der Waals surface area contributed by atoms with Gasteiger partial charge in [-0.25, -0.2) is 13.4 Å². The number of fused-ring (bicyclic) bond motifs is 3. The number of hydrogen-bond donors (Lipinski definition) is 0. The van der Waals surface area contributed by atoms with E-state index in [1.54, 1.807) is 6.20 Å². The molecule has 0 aliphatic carbocycles. The topological polar surface area (TPSA) is 85.7 Å². The Morgan fingerprint density at radius 2 is 1.71 bits per heavy atom. The average molecular weight is 336 g/mol.